The predicted octanol–water partition coefficient (Wildman–Crippen LogP) is 2.17. The van der Waals surface area contributed by atoms with Gasteiger partial charge in [0.15, 0.2) is 0 Å². The fourth-order valence-corrected chi connectivity index (χ4v) is 2.37. The molecule has 1 amide bonds. The number of halogens is 1. The summed E-state index contributed by atoms with van der Waals surface area (Å²) in [6.45, 7) is 2.59. The van der Waals surface area contributed by atoms with Crippen LogP contribution < -0.4 is 11.1 Å². The Labute approximate surface area is 111 Å². The first-order chi connectivity index (χ1) is 8.55. The molecule has 18 heavy (non-hydrogen) atoms. The third-order valence-corrected chi connectivity index (χ3v) is 3.51. The van der Waals surface area contributed by atoms with Gasteiger partial charge in [0.05, 0.1) is 6.10 Å². The highest BCUT2D eigenvalue weighted by Crippen LogP contribution is 2.37. The summed E-state index contributed by atoms with van der Waals surface area (Å²) in [6, 6.07) is 7.22. The molecule has 0 aromatic heterocycles. The van der Waals surface area contributed by atoms with Crippen molar-refractivity contribution in [1.82, 2.24) is 0 Å². The summed E-state index contributed by atoms with van der Waals surface area (Å²) >= 11 is 5.82. The van der Waals surface area contributed by atoms with E-state index in [0.717, 1.165) is 5.69 Å². The Morgan fingerprint density at radius 2 is 2.11 bits per heavy atom. The van der Waals surface area contributed by atoms with E-state index in [4.69, 9.17) is 22.1 Å². The summed E-state index contributed by atoms with van der Waals surface area (Å²) in [5.41, 5.74) is 5.64. The minimum Gasteiger partial charge on any atom is -0.378 e. The normalized spacial score (nSPS) is 26.4. The lowest BCUT2D eigenvalue weighted by Gasteiger charge is -2.45. The molecule has 1 aromatic carbocycles. The topological polar surface area (TPSA) is 64.3 Å². The molecule has 0 radical (unpaired) electrons. The highest BCUT2D eigenvalue weighted by molar-refractivity contribution is 6.30. The first-order valence-corrected chi connectivity index (χ1v) is 6.39. The largest absolute Gasteiger partial charge is 0.378 e. The van der Waals surface area contributed by atoms with Gasteiger partial charge < -0.3 is 15.8 Å². The molecule has 2 rings (SSSR count). The van der Waals surface area contributed by atoms with E-state index in [0.29, 0.717) is 24.5 Å². The van der Waals surface area contributed by atoms with Gasteiger partial charge in [-0.15, -0.1) is 0 Å². The standard InChI is InChI=1S/C13H17ClN2O2/c1-2-18-11-7-13(8-11,12(15)17)16-10-5-3-9(14)4-6-10/h3-6,11,16H,2,7-8H2,1H3,(H2,15,17). The summed E-state index contributed by atoms with van der Waals surface area (Å²) in [6.07, 6.45) is 1.33. The molecule has 0 saturated heterocycles. The molecule has 1 saturated carbocycles. The average molecular weight is 269 g/mol. The van der Waals surface area contributed by atoms with Crippen LogP contribution in [0.3, 0.4) is 0 Å². The van der Waals surface area contributed by atoms with Crippen molar-refractivity contribution in [3.63, 3.8) is 0 Å². The van der Waals surface area contributed by atoms with E-state index in [1.807, 2.05) is 19.1 Å². The molecule has 1 aliphatic rings. The molecule has 0 spiro atoms. The highest BCUT2D eigenvalue weighted by Gasteiger charge is 2.49. The van der Waals surface area contributed by atoms with Gasteiger partial charge in [0.25, 0.3) is 0 Å². The molecular weight excluding hydrogens is 252 g/mol. The molecule has 0 aliphatic heterocycles. The van der Waals surface area contributed by atoms with Gasteiger partial charge in [0.2, 0.25) is 5.91 Å². The lowest BCUT2D eigenvalue weighted by Crippen LogP contribution is -2.61. The van der Waals surface area contributed by atoms with Gasteiger partial charge in [-0.3, -0.25) is 4.79 Å². The second kappa shape index (κ2) is 5.16. The van der Waals surface area contributed by atoms with Gasteiger partial charge in [-0.25, -0.2) is 0 Å². The lowest BCUT2D eigenvalue weighted by molar-refractivity contribution is -0.131. The fraction of sp³-hybridized carbons (Fsp3) is 0.462. The zero-order valence-corrected chi connectivity index (χ0v) is 11.0. The van der Waals surface area contributed by atoms with Crippen LogP contribution in [0.5, 0.6) is 0 Å². The average Bonchev–Trinajstić information content (AvgIpc) is 2.28. The molecule has 0 unspecified atom stereocenters. The Morgan fingerprint density at radius 3 is 2.61 bits per heavy atom. The zero-order valence-electron chi connectivity index (χ0n) is 10.3. The van der Waals surface area contributed by atoms with Crippen LogP contribution in [-0.4, -0.2) is 24.2 Å². The fourth-order valence-electron chi connectivity index (χ4n) is 2.25. The lowest BCUT2D eigenvalue weighted by atomic mass is 9.73. The smallest absolute Gasteiger partial charge is 0.243 e. The van der Waals surface area contributed by atoms with Crippen LogP contribution in [0.25, 0.3) is 0 Å². The quantitative estimate of drug-likeness (QED) is 0.860. The number of nitrogens with two attached hydrogens (primary N) is 1. The Kier molecular flexibility index (Phi) is 3.78. The zero-order chi connectivity index (χ0) is 13.2. The first-order valence-electron chi connectivity index (χ1n) is 6.01. The van der Waals surface area contributed by atoms with E-state index in [1.54, 1.807) is 12.1 Å². The molecule has 1 fully saturated rings. The minimum atomic E-state index is -0.687. The van der Waals surface area contributed by atoms with Gasteiger partial charge in [0, 0.05) is 30.2 Å². The van der Waals surface area contributed by atoms with Crippen LogP contribution in [0.1, 0.15) is 19.8 Å². The Hall–Kier alpha value is -1.26. The van der Waals surface area contributed by atoms with Gasteiger partial charge >= 0.3 is 0 Å². The molecular formula is C13H17ClN2O2. The van der Waals surface area contributed by atoms with Crippen LogP contribution in [0, 0.1) is 0 Å². The van der Waals surface area contributed by atoms with Gasteiger partial charge in [-0.2, -0.15) is 0 Å². The number of anilines is 1. The third kappa shape index (κ3) is 2.60. The van der Waals surface area contributed by atoms with Gasteiger partial charge in [-0.1, -0.05) is 11.6 Å². The number of rotatable bonds is 5. The third-order valence-electron chi connectivity index (χ3n) is 3.25. The summed E-state index contributed by atoms with van der Waals surface area (Å²) in [5.74, 6) is -0.339. The number of carbonyl (C=O) groups excluding carboxylic acids is 1. The van der Waals surface area contributed by atoms with E-state index in [9.17, 15) is 4.79 Å². The van der Waals surface area contributed by atoms with E-state index in [-0.39, 0.29) is 12.0 Å². The molecule has 4 nitrogen and oxygen atoms in total. The molecule has 0 heterocycles. The summed E-state index contributed by atoms with van der Waals surface area (Å²) in [5, 5.41) is 3.86. The van der Waals surface area contributed by atoms with Crippen LogP contribution in [0.2, 0.25) is 5.02 Å². The highest BCUT2D eigenvalue weighted by atomic mass is 35.5. The van der Waals surface area contributed by atoms with Crippen LogP contribution in [0.4, 0.5) is 5.69 Å². The molecule has 5 heteroatoms. The number of benzene rings is 1. The molecule has 3 N–H and O–H groups in total. The summed E-state index contributed by atoms with van der Waals surface area (Å²) in [7, 11) is 0. The maximum Gasteiger partial charge on any atom is 0.243 e. The number of ether oxygens (including phenoxy) is 1. The van der Waals surface area contributed by atoms with Crippen molar-refractivity contribution in [2.45, 2.75) is 31.4 Å². The van der Waals surface area contributed by atoms with E-state index < -0.39 is 5.54 Å². The number of amides is 1. The second-order valence-electron chi connectivity index (χ2n) is 4.56. The summed E-state index contributed by atoms with van der Waals surface area (Å²) < 4.78 is 5.47. The van der Waals surface area contributed by atoms with Crippen molar-refractivity contribution in [3.05, 3.63) is 29.3 Å². The predicted molar refractivity (Wildman–Crippen MR) is 71.6 cm³/mol. The summed E-state index contributed by atoms with van der Waals surface area (Å²) in [4.78, 5) is 11.6. The van der Waals surface area contributed by atoms with Gasteiger partial charge in [-0.05, 0) is 31.2 Å². The minimum absolute atomic E-state index is 0.113. The van der Waals surface area contributed by atoms with E-state index in [2.05, 4.69) is 5.32 Å². The number of carbonyl (C=O) groups is 1. The SMILES string of the molecule is CCOC1CC(Nc2ccc(Cl)cc2)(C(N)=O)C1. The van der Waals surface area contributed by atoms with E-state index in [1.165, 1.54) is 0 Å². The Morgan fingerprint density at radius 1 is 1.50 bits per heavy atom. The number of nitrogens with one attached hydrogen (secondary N) is 1. The maximum atomic E-state index is 11.6. The van der Waals surface area contributed by atoms with Crippen molar-refractivity contribution < 1.29 is 9.53 Å². The van der Waals surface area contributed by atoms with Crippen molar-refractivity contribution >= 4 is 23.2 Å². The Bertz CT molecular complexity index is 427. The molecule has 0 atom stereocenters. The molecule has 0 bridgehead atoms. The van der Waals surface area contributed by atoms with Crippen molar-refractivity contribution in [1.29, 1.82) is 0 Å². The monoisotopic (exact) mass is 268 g/mol. The maximum absolute atomic E-state index is 11.6. The molecule has 1 aromatic rings. The number of hydrogen-bond acceptors (Lipinski definition) is 3. The second-order valence-corrected chi connectivity index (χ2v) is 5.00. The molecule has 1 aliphatic carbocycles. The number of hydrogen-bond donors (Lipinski definition) is 2. The molecule has 98 valence electrons. The van der Waals surface area contributed by atoms with Crippen molar-refractivity contribution in [3.8, 4) is 0 Å². The number of primary amides is 1. The Balaban J connectivity index is 2.05. The van der Waals surface area contributed by atoms with E-state index >= 15 is 0 Å². The van der Waals surface area contributed by atoms with Crippen LogP contribution in [-0.2, 0) is 9.53 Å². The van der Waals surface area contributed by atoms with Crippen LogP contribution >= 0.6 is 11.6 Å². The van der Waals surface area contributed by atoms with Gasteiger partial charge in [0.1, 0.15) is 5.54 Å². The van der Waals surface area contributed by atoms with Crippen molar-refractivity contribution in [2.75, 3.05) is 11.9 Å². The van der Waals surface area contributed by atoms with Crippen molar-refractivity contribution in [2.24, 2.45) is 5.73 Å². The first kappa shape index (κ1) is 13.2. The van der Waals surface area contributed by atoms with Crippen LogP contribution in [0.15, 0.2) is 24.3 Å².